The van der Waals surface area contributed by atoms with Crippen LogP contribution in [0.4, 0.5) is 8.78 Å². The number of aliphatic hydroxyl groups excluding tert-OH is 1. The summed E-state index contributed by atoms with van der Waals surface area (Å²) in [6, 6.07) is 10.1. The fraction of sp³-hybridized carbons (Fsp3) is 0.200. The maximum atomic E-state index is 13.6. The van der Waals surface area contributed by atoms with Crippen molar-refractivity contribution >= 4 is 0 Å². The first-order valence-corrected chi connectivity index (χ1v) is 5.98. The molecular formula is C15H14F2O2. The lowest BCUT2D eigenvalue weighted by Gasteiger charge is -2.14. The zero-order valence-corrected chi connectivity index (χ0v) is 10.4. The molecule has 0 aliphatic carbocycles. The van der Waals surface area contributed by atoms with Gasteiger partial charge < -0.3 is 9.84 Å². The Labute approximate surface area is 110 Å². The Balaban J connectivity index is 2.38. The van der Waals surface area contributed by atoms with Crippen LogP contribution in [0, 0.1) is 11.6 Å². The topological polar surface area (TPSA) is 29.5 Å². The Morgan fingerprint density at radius 1 is 1.11 bits per heavy atom. The highest BCUT2D eigenvalue weighted by Crippen LogP contribution is 2.28. The summed E-state index contributed by atoms with van der Waals surface area (Å²) in [6.45, 7) is 2.31. The number of rotatable bonds is 4. The number of halogens is 2. The molecule has 0 aliphatic rings. The summed E-state index contributed by atoms with van der Waals surface area (Å²) < 4.78 is 32.5. The van der Waals surface area contributed by atoms with E-state index < -0.39 is 17.7 Å². The van der Waals surface area contributed by atoms with Gasteiger partial charge in [-0.3, -0.25) is 0 Å². The highest BCUT2D eigenvalue weighted by Gasteiger charge is 2.19. The fourth-order valence-electron chi connectivity index (χ4n) is 1.88. The Morgan fingerprint density at radius 3 is 2.37 bits per heavy atom. The van der Waals surface area contributed by atoms with Crippen LogP contribution in [-0.4, -0.2) is 11.7 Å². The van der Waals surface area contributed by atoms with E-state index in [1.165, 1.54) is 6.07 Å². The molecule has 0 saturated carbocycles. The van der Waals surface area contributed by atoms with Crippen molar-refractivity contribution < 1.29 is 18.6 Å². The zero-order valence-electron chi connectivity index (χ0n) is 10.4. The summed E-state index contributed by atoms with van der Waals surface area (Å²) in [6.07, 6.45) is -1.36. The molecule has 100 valence electrons. The number of aliphatic hydroxyl groups is 1. The van der Waals surface area contributed by atoms with E-state index in [2.05, 4.69) is 0 Å². The van der Waals surface area contributed by atoms with Gasteiger partial charge in [-0.1, -0.05) is 18.2 Å². The summed E-state index contributed by atoms with van der Waals surface area (Å²) in [7, 11) is 0. The van der Waals surface area contributed by atoms with E-state index in [0.29, 0.717) is 17.9 Å². The minimum Gasteiger partial charge on any atom is -0.494 e. The van der Waals surface area contributed by atoms with Crippen LogP contribution in [0.2, 0.25) is 0 Å². The summed E-state index contributed by atoms with van der Waals surface area (Å²) in [5.74, 6) is -0.987. The number of ether oxygens (including phenoxy) is 1. The quantitative estimate of drug-likeness (QED) is 0.916. The van der Waals surface area contributed by atoms with Crippen molar-refractivity contribution in [3.05, 3.63) is 65.2 Å². The lowest BCUT2D eigenvalue weighted by molar-refractivity contribution is 0.208. The van der Waals surface area contributed by atoms with Gasteiger partial charge in [-0.25, -0.2) is 8.78 Å². The lowest BCUT2D eigenvalue weighted by atomic mass is 10.0. The van der Waals surface area contributed by atoms with Crippen molar-refractivity contribution in [3.8, 4) is 5.75 Å². The predicted molar refractivity (Wildman–Crippen MR) is 68.0 cm³/mol. The normalized spacial score (nSPS) is 12.2. The molecule has 4 heteroatoms. The molecule has 0 saturated heterocycles. The molecule has 2 aromatic carbocycles. The Kier molecular flexibility index (Phi) is 4.12. The van der Waals surface area contributed by atoms with E-state index in [-0.39, 0.29) is 5.56 Å². The summed E-state index contributed by atoms with van der Waals surface area (Å²) in [4.78, 5) is 0. The first kappa shape index (κ1) is 13.5. The molecule has 1 atom stereocenters. The summed E-state index contributed by atoms with van der Waals surface area (Å²) >= 11 is 0. The standard InChI is InChI=1S/C15H14F2O2/c1-2-19-11-6-3-5-10(9-11)15(18)14-12(16)7-4-8-13(14)17/h3-9,15,18H,2H2,1H3. The molecule has 0 bridgehead atoms. The van der Waals surface area contributed by atoms with Crippen molar-refractivity contribution in [1.82, 2.24) is 0 Å². The van der Waals surface area contributed by atoms with E-state index in [1.54, 1.807) is 24.3 Å². The van der Waals surface area contributed by atoms with Crippen LogP contribution in [0.3, 0.4) is 0 Å². The molecule has 19 heavy (non-hydrogen) atoms. The van der Waals surface area contributed by atoms with E-state index >= 15 is 0 Å². The van der Waals surface area contributed by atoms with Crippen LogP contribution < -0.4 is 4.74 Å². The Hall–Kier alpha value is -1.94. The Morgan fingerprint density at radius 2 is 1.74 bits per heavy atom. The molecule has 0 amide bonds. The summed E-state index contributed by atoms with van der Waals surface area (Å²) in [5.41, 5.74) is 0.0334. The molecule has 1 N–H and O–H groups in total. The SMILES string of the molecule is CCOc1cccc(C(O)c2c(F)cccc2F)c1. The third-order valence-electron chi connectivity index (χ3n) is 2.76. The first-order chi connectivity index (χ1) is 9.13. The van der Waals surface area contributed by atoms with Gasteiger partial charge in [-0.05, 0) is 36.8 Å². The molecule has 0 heterocycles. The molecule has 0 aromatic heterocycles. The van der Waals surface area contributed by atoms with E-state index in [9.17, 15) is 13.9 Å². The van der Waals surface area contributed by atoms with Gasteiger partial charge in [-0.15, -0.1) is 0 Å². The van der Waals surface area contributed by atoms with Gasteiger partial charge in [0, 0.05) is 0 Å². The molecule has 2 aromatic rings. The van der Waals surface area contributed by atoms with Crippen LogP contribution in [0.15, 0.2) is 42.5 Å². The predicted octanol–water partition coefficient (Wildman–Crippen LogP) is 3.45. The number of hydrogen-bond acceptors (Lipinski definition) is 2. The van der Waals surface area contributed by atoms with Crippen molar-refractivity contribution in [3.63, 3.8) is 0 Å². The van der Waals surface area contributed by atoms with E-state index in [1.807, 2.05) is 6.92 Å². The third-order valence-corrected chi connectivity index (χ3v) is 2.76. The minimum absolute atomic E-state index is 0.351. The second kappa shape index (κ2) is 5.80. The maximum absolute atomic E-state index is 13.6. The highest BCUT2D eigenvalue weighted by atomic mass is 19.1. The fourth-order valence-corrected chi connectivity index (χ4v) is 1.88. The molecule has 2 rings (SSSR count). The molecule has 0 fully saturated rings. The van der Waals surface area contributed by atoms with Crippen molar-refractivity contribution in [2.24, 2.45) is 0 Å². The molecule has 0 aliphatic heterocycles. The highest BCUT2D eigenvalue weighted by molar-refractivity contribution is 5.36. The van der Waals surface area contributed by atoms with Crippen molar-refractivity contribution in [2.75, 3.05) is 6.61 Å². The number of hydrogen-bond donors (Lipinski definition) is 1. The first-order valence-electron chi connectivity index (χ1n) is 5.98. The van der Waals surface area contributed by atoms with Crippen LogP contribution in [0.1, 0.15) is 24.2 Å². The second-order valence-corrected chi connectivity index (χ2v) is 4.04. The zero-order chi connectivity index (χ0) is 13.8. The maximum Gasteiger partial charge on any atom is 0.132 e. The molecule has 0 radical (unpaired) electrons. The van der Waals surface area contributed by atoms with Crippen LogP contribution >= 0.6 is 0 Å². The van der Waals surface area contributed by atoms with Gasteiger partial charge >= 0.3 is 0 Å². The van der Waals surface area contributed by atoms with Crippen LogP contribution in [0.5, 0.6) is 5.75 Å². The smallest absolute Gasteiger partial charge is 0.132 e. The van der Waals surface area contributed by atoms with Crippen molar-refractivity contribution in [2.45, 2.75) is 13.0 Å². The molecule has 2 nitrogen and oxygen atoms in total. The minimum atomic E-state index is -1.36. The van der Waals surface area contributed by atoms with E-state index in [4.69, 9.17) is 4.74 Å². The van der Waals surface area contributed by atoms with Gasteiger partial charge in [0.25, 0.3) is 0 Å². The average Bonchev–Trinajstić information content (AvgIpc) is 2.39. The second-order valence-electron chi connectivity index (χ2n) is 4.04. The van der Waals surface area contributed by atoms with Crippen LogP contribution in [-0.2, 0) is 0 Å². The summed E-state index contributed by atoms with van der Waals surface area (Å²) in [5, 5.41) is 10.1. The van der Waals surface area contributed by atoms with Crippen LogP contribution in [0.25, 0.3) is 0 Å². The lowest BCUT2D eigenvalue weighted by Crippen LogP contribution is -2.06. The van der Waals surface area contributed by atoms with Gasteiger partial charge in [-0.2, -0.15) is 0 Å². The molecule has 1 unspecified atom stereocenters. The van der Waals surface area contributed by atoms with E-state index in [0.717, 1.165) is 12.1 Å². The van der Waals surface area contributed by atoms with Gasteiger partial charge in [0.1, 0.15) is 23.5 Å². The van der Waals surface area contributed by atoms with Gasteiger partial charge in [0.05, 0.1) is 12.2 Å². The Bertz CT molecular complexity index is 550. The molecular weight excluding hydrogens is 250 g/mol. The van der Waals surface area contributed by atoms with Gasteiger partial charge in [0.2, 0.25) is 0 Å². The van der Waals surface area contributed by atoms with Gasteiger partial charge in [0.15, 0.2) is 0 Å². The number of benzene rings is 2. The van der Waals surface area contributed by atoms with Crippen molar-refractivity contribution in [1.29, 1.82) is 0 Å². The third kappa shape index (κ3) is 2.90. The molecule has 0 spiro atoms. The monoisotopic (exact) mass is 264 g/mol. The largest absolute Gasteiger partial charge is 0.494 e. The average molecular weight is 264 g/mol.